The Balaban J connectivity index is 1.65. The molecular weight excluding hydrogens is 324 g/mol. The van der Waals surface area contributed by atoms with Crippen molar-refractivity contribution in [1.82, 2.24) is 14.9 Å². The zero-order valence-electron chi connectivity index (χ0n) is 13.9. The van der Waals surface area contributed by atoms with Gasteiger partial charge < -0.3 is 15.5 Å². The highest BCUT2D eigenvalue weighted by atomic mass is 35.5. The van der Waals surface area contributed by atoms with E-state index in [-0.39, 0.29) is 0 Å². The molecule has 126 valence electrons. The average molecular weight is 345 g/mol. The van der Waals surface area contributed by atoms with E-state index in [0.29, 0.717) is 11.9 Å². The van der Waals surface area contributed by atoms with E-state index in [4.69, 9.17) is 17.3 Å². The van der Waals surface area contributed by atoms with Gasteiger partial charge in [0.05, 0.1) is 0 Å². The third-order valence-electron chi connectivity index (χ3n) is 3.98. The maximum absolute atomic E-state index is 6.14. The van der Waals surface area contributed by atoms with Crippen molar-refractivity contribution >= 4 is 29.2 Å². The Hall–Kier alpha value is -2.34. The number of aryl methyl sites for hydroxylation is 2. The molecule has 0 spiro atoms. The lowest BCUT2D eigenvalue weighted by molar-refractivity contribution is 0.382. The summed E-state index contributed by atoms with van der Waals surface area (Å²) in [6.45, 7) is 7.23. The number of piperazine rings is 1. The molecule has 0 amide bonds. The fourth-order valence-corrected chi connectivity index (χ4v) is 2.90. The minimum atomic E-state index is 0.421. The molecule has 1 fully saturated rings. The van der Waals surface area contributed by atoms with E-state index in [9.17, 15) is 0 Å². The second-order valence-corrected chi connectivity index (χ2v) is 6.31. The van der Waals surface area contributed by atoms with Gasteiger partial charge in [0.1, 0.15) is 0 Å². The lowest BCUT2D eigenvalue weighted by Crippen LogP contribution is -2.51. The highest BCUT2D eigenvalue weighted by Gasteiger charge is 2.19. The van der Waals surface area contributed by atoms with Crippen LogP contribution in [0.3, 0.4) is 0 Å². The Bertz CT molecular complexity index is 715. The van der Waals surface area contributed by atoms with Crippen molar-refractivity contribution < 1.29 is 0 Å². The molecule has 0 bridgehead atoms. The molecule has 2 heterocycles. The van der Waals surface area contributed by atoms with Crippen LogP contribution in [0.25, 0.3) is 0 Å². The van der Waals surface area contributed by atoms with Gasteiger partial charge in [-0.3, -0.25) is 0 Å². The van der Waals surface area contributed by atoms with Gasteiger partial charge >= 0.3 is 0 Å². The maximum atomic E-state index is 6.14. The SMILES string of the molecule is Cc1cc(C)nc(/N=C(/N)N2CCN(c3ccc(Cl)cc3)CC2)n1. The van der Waals surface area contributed by atoms with Crippen molar-refractivity contribution in [3.8, 4) is 0 Å². The van der Waals surface area contributed by atoms with Gasteiger partial charge in [0, 0.05) is 48.3 Å². The summed E-state index contributed by atoms with van der Waals surface area (Å²) in [6, 6.07) is 9.82. The summed E-state index contributed by atoms with van der Waals surface area (Å²) in [4.78, 5) is 17.4. The molecule has 1 aliphatic rings. The molecule has 1 aromatic carbocycles. The summed E-state index contributed by atoms with van der Waals surface area (Å²) in [5, 5.41) is 0.752. The first-order valence-corrected chi connectivity index (χ1v) is 8.31. The normalized spacial score (nSPS) is 15.7. The number of hydrogen-bond acceptors (Lipinski definition) is 4. The number of halogens is 1. The predicted molar refractivity (Wildman–Crippen MR) is 98.0 cm³/mol. The number of aliphatic imine (C=N–C) groups is 1. The molecule has 7 heteroatoms. The number of nitrogens with zero attached hydrogens (tertiary/aromatic N) is 5. The molecule has 1 saturated heterocycles. The fraction of sp³-hybridized carbons (Fsp3) is 0.353. The summed E-state index contributed by atoms with van der Waals surface area (Å²) in [5.41, 5.74) is 9.10. The monoisotopic (exact) mass is 344 g/mol. The summed E-state index contributed by atoms with van der Waals surface area (Å²) >= 11 is 5.94. The van der Waals surface area contributed by atoms with Crippen LogP contribution in [0, 0.1) is 13.8 Å². The van der Waals surface area contributed by atoms with E-state index in [1.807, 2.05) is 44.2 Å². The number of rotatable bonds is 2. The minimum Gasteiger partial charge on any atom is -0.369 e. The van der Waals surface area contributed by atoms with Crippen LogP contribution in [0.5, 0.6) is 0 Å². The van der Waals surface area contributed by atoms with Crippen LogP contribution in [-0.4, -0.2) is 47.0 Å². The lowest BCUT2D eigenvalue weighted by Gasteiger charge is -2.36. The molecular formula is C17H21ClN6. The lowest BCUT2D eigenvalue weighted by atomic mass is 10.2. The molecule has 24 heavy (non-hydrogen) atoms. The maximum Gasteiger partial charge on any atom is 0.253 e. The van der Waals surface area contributed by atoms with Crippen LogP contribution in [0.1, 0.15) is 11.4 Å². The largest absolute Gasteiger partial charge is 0.369 e. The molecule has 1 aliphatic heterocycles. The van der Waals surface area contributed by atoms with Gasteiger partial charge in [-0.05, 0) is 44.2 Å². The van der Waals surface area contributed by atoms with Gasteiger partial charge in [0.15, 0.2) is 5.96 Å². The number of guanidine groups is 1. The van der Waals surface area contributed by atoms with Gasteiger partial charge in [-0.25, -0.2) is 9.97 Å². The summed E-state index contributed by atoms with van der Waals surface area (Å²) in [7, 11) is 0. The molecule has 2 aromatic rings. The predicted octanol–water partition coefficient (Wildman–Crippen LogP) is 2.52. The Kier molecular flexibility index (Phi) is 4.85. The standard InChI is InChI=1S/C17H21ClN6/c1-12-11-13(2)21-17(20-12)22-16(19)24-9-7-23(8-10-24)15-5-3-14(18)4-6-15/h3-6,11H,7-10H2,1-2H3,(H2,19,20,21,22). The smallest absolute Gasteiger partial charge is 0.253 e. The number of hydrogen-bond donors (Lipinski definition) is 1. The highest BCUT2D eigenvalue weighted by Crippen LogP contribution is 2.19. The third-order valence-corrected chi connectivity index (χ3v) is 4.23. The van der Waals surface area contributed by atoms with Crippen LogP contribution in [0.4, 0.5) is 11.6 Å². The first-order valence-electron chi connectivity index (χ1n) is 7.93. The molecule has 0 aliphatic carbocycles. The van der Waals surface area contributed by atoms with E-state index in [1.54, 1.807) is 0 Å². The number of anilines is 1. The Morgan fingerprint density at radius 2 is 1.62 bits per heavy atom. The highest BCUT2D eigenvalue weighted by molar-refractivity contribution is 6.30. The molecule has 1 aromatic heterocycles. The van der Waals surface area contributed by atoms with E-state index in [2.05, 4.69) is 24.8 Å². The van der Waals surface area contributed by atoms with Gasteiger partial charge in [0.2, 0.25) is 0 Å². The number of nitrogens with two attached hydrogens (primary N) is 1. The molecule has 3 rings (SSSR count). The molecule has 0 radical (unpaired) electrons. The van der Waals surface area contributed by atoms with Crippen molar-refractivity contribution in [2.45, 2.75) is 13.8 Å². The minimum absolute atomic E-state index is 0.421. The fourth-order valence-electron chi connectivity index (χ4n) is 2.78. The van der Waals surface area contributed by atoms with Gasteiger partial charge in [0.25, 0.3) is 5.95 Å². The zero-order chi connectivity index (χ0) is 17.1. The van der Waals surface area contributed by atoms with Crippen LogP contribution >= 0.6 is 11.6 Å². The first kappa shape index (κ1) is 16.5. The molecule has 6 nitrogen and oxygen atoms in total. The van der Waals surface area contributed by atoms with E-state index < -0.39 is 0 Å². The summed E-state index contributed by atoms with van der Waals surface area (Å²) < 4.78 is 0. The Labute approximate surface area is 147 Å². The molecule has 0 unspecified atom stereocenters. The zero-order valence-corrected chi connectivity index (χ0v) is 14.7. The molecule has 0 atom stereocenters. The van der Waals surface area contributed by atoms with Crippen molar-refractivity contribution in [3.05, 3.63) is 46.7 Å². The van der Waals surface area contributed by atoms with Crippen LogP contribution in [0.2, 0.25) is 5.02 Å². The van der Waals surface area contributed by atoms with Crippen molar-refractivity contribution in [1.29, 1.82) is 0 Å². The van der Waals surface area contributed by atoms with E-state index >= 15 is 0 Å². The van der Waals surface area contributed by atoms with Gasteiger partial charge in [-0.1, -0.05) is 11.6 Å². The summed E-state index contributed by atoms with van der Waals surface area (Å²) in [6.07, 6.45) is 0. The van der Waals surface area contributed by atoms with Gasteiger partial charge in [-0.15, -0.1) is 0 Å². The van der Waals surface area contributed by atoms with Crippen LogP contribution in [0.15, 0.2) is 35.3 Å². The van der Waals surface area contributed by atoms with Crippen LogP contribution in [-0.2, 0) is 0 Å². The molecule has 0 saturated carbocycles. The average Bonchev–Trinajstić information content (AvgIpc) is 2.55. The Morgan fingerprint density at radius 3 is 2.21 bits per heavy atom. The quantitative estimate of drug-likeness (QED) is 0.669. The van der Waals surface area contributed by atoms with Gasteiger partial charge in [-0.2, -0.15) is 4.99 Å². The number of benzene rings is 1. The van der Waals surface area contributed by atoms with Crippen LogP contribution < -0.4 is 10.6 Å². The van der Waals surface area contributed by atoms with Crippen molar-refractivity contribution in [2.24, 2.45) is 10.7 Å². The number of aromatic nitrogens is 2. The topological polar surface area (TPSA) is 70.6 Å². The molecule has 2 N–H and O–H groups in total. The van der Waals surface area contributed by atoms with Crippen molar-refractivity contribution in [3.63, 3.8) is 0 Å². The first-order chi connectivity index (χ1) is 11.5. The van der Waals surface area contributed by atoms with E-state index in [0.717, 1.165) is 42.6 Å². The Morgan fingerprint density at radius 1 is 1.04 bits per heavy atom. The second kappa shape index (κ2) is 7.05. The second-order valence-electron chi connectivity index (χ2n) is 5.87. The van der Waals surface area contributed by atoms with Crippen molar-refractivity contribution in [2.75, 3.05) is 31.1 Å². The third kappa shape index (κ3) is 3.94. The van der Waals surface area contributed by atoms with E-state index in [1.165, 1.54) is 5.69 Å². The summed E-state index contributed by atoms with van der Waals surface area (Å²) in [5.74, 6) is 0.890.